The summed E-state index contributed by atoms with van der Waals surface area (Å²) in [5.41, 5.74) is 1.82. The molecule has 0 radical (unpaired) electrons. The number of nitrogens with zero attached hydrogens (tertiary/aromatic N) is 4. The van der Waals surface area contributed by atoms with Crippen LogP contribution < -0.4 is 10.2 Å². The van der Waals surface area contributed by atoms with Gasteiger partial charge in [-0.2, -0.15) is 4.98 Å². The van der Waals surface area contributed by atoms with Crippen molar-refractivity contribution >= 4 is 35.0 Å². The molecule has 0 saturated carbocycles. The van der Waals surface area contributed by atoms with Crippen LogP contribution in [0.3, 0.4) is 0 Å². The molecule has 28 heavy (non-hydrogen) atoms. The number of aromatic nitrogens is 2. The maximum atomic E-state index is 12.4. The number of hydrogen-bond acceptors (Lipinski definition) is 6. The Morgan fingerprint density at radius 3 is 2.71 bits per heavy atom. The molecule has 1 N–H and O–H groups in total. The molecule has 3 heterocycles. The molecule has 2 aromatic heterocycles. The van der Waals surface area contributed by atoms with Crippen LogP contribution in [0, 0.1) is 6.92 Å². The summed E-state index contributed by atoms with van der Waals surface area (Å²) in [6.45, 7) is 4.56. The Kier molecular flexibility index (Phi) is 5.16. The quantitative estimate of drug-likeness (QED) is 0.722. The van der Waals surface area contributed by atoms with E-state index in [0.717, 1.165) is 17.1 Å². The predicted octanol–water partition coefficient (Wildman–Crippen LogP) is 3.74. The second-order valence-corrected chi connectivity index (χ2v) is 6.94. The fourth-order valence-corrected chi connectivity index (χ4v) is 3.32. The summed E-state index contributed by atoms with van der Waals surface area (Å²) >= 11 is 6.18. The van der Waals surface area contributed by atoms with Crippen LogP contribution in [0.15, 0.2) is 53.3 Å². The van der Waals surface area contributed by atoms with E-state index in [2.05, 4.69) is 20.2 Å². The summed E-state index contributed by atoms with van der Waals surface area (Å²) < 4.78 is 5.21. The molecule has 0 atom stereocenters. The highest BCUT2D eigenvalue weighted by Gasteiger charge is 2.24. The van der Waals surface area contributed by atoms with Crippen LogP contribution in [0.2, 0.25) is 5.02 Å². The zero-order valence-corrected chi connectivity index (χ0v) is 16.2. The number of nitrogens with one attached hydrogen (secondary N) is 1. The van der Waals surface area contributed by atoms with E-state index >= 15 is 0 Å². The number of furan rings is 1. The number of halogens is 1. The molecule has 1 fully saturated rings. The molecule has 1 aromatic carbocycles. The van der Waals surface area contributed by atoms with Gasteiger partial charge in [0, 0.05) is 43.1 Å². The number of rotatable bonds is 4. The predicted molar refractivity (Wildman–Crippen MR) is 108 cm³/mol. The molecule has 0 unspecified atom stereocenters. The third-order valence-electron chi connectivity index (χ3n) is 4.78. The van der Waals surface area contributed by atoms with Crippen LogP contribution in [-0.4, -0.2) is 47.0 Å². The van der Waals surface area contributed by atoms with E-state index in [1.165, 1.54) is 6.26 Å². The van der Waals surface area contributed by atoms with Gasteiger partial charge in [-0.05, 0) is 42.8 Å². The number of amides is 1. The molecule has 8 heteroatoms. The zero-order valence-electron chi connectivity index (χ0n) is 15.4. The maximum absolute atomic E-state index is 12.4. The SMILES string of the molecule is Cc1c(Cl)cccc1Nc1nccc(N2CCN(C(=O)c3ccco3)CC2)n1. The van der Waals surface area contributed by atoms with Gasteiger partial charge in [-0.15, -0.1) is 0 Å². The van der Waals surface area contributed by atoms with E-state index in [9.17, 15) is 4.79 Å². The smallest absolute Gasteiger partial charge is 0.289 e. The Morgan fingerprint density at radius 1 is 1.14 bits per heavy atom. The first kappa shape index (κ1) is 18.3. The first-order valence-corrected chi connectivity index (χ1v) is 9.42. The summed E-state index contributed by atoms with van der Waals surface area (Å²) in [5.74, 6) is 1.63. The van der Waals surface area contributed by atoms with Crippen LogP contribution >= 0.6 is 11.6 Å². The summed E-state index contributed by atoms with van der Waals surface area (Å²) in [4.78, 5) is 25.3. The van der Waals surface area contributed by atoms with Gasteiger partial charge >= 0.3 is 0 Å². The molecule has 1 saturated heterocycles. The van der Waals surface area contributed by atoms with Gasteiger partial charge in [0.2, 0.25) is 5.95 Å². The van der Waals surface area contributed by atoms with Crippen LogP contribution in [0.5, 0.6) is 0 Å². The zero-order chi connectivity index (χ0) is 19.5. The number of piperazine rings is 1. The second kappa shape index (κ2) is 7.90. The topological polar surface area (TPSA) is 74.5 Å². The molecular weight excluding hydrogens is 378 g/mol. The number of anilines is 3. The first-order valence-electron chi connectivity index (χ1n) is 9.05. The Balaban J connectivity index is 1.42. The highest BCUT2D eigenvalue weighted by atomic mass is 35.5. The van der Waals surface area contributed by atoms with Crippen molar-refractivity contribution in [3.05, 3.63) is 65.2 Å². The van der Waals surface area contributed by atoms with Crippen molar-refractivity contribution in [1.82, 2.24) is 14.9 Å². The number of carbonyl (C=O) groups is 1. The largest absolute Gasteiger partial charge is 0.459 e. The standard InChI is InChI=1S/C20H20ClN5O2/c1-14-15(21)4-2-5-16(14)23-20-22-8-7-18(24-20)25-9-11-26(12-10-25)19(27)17-6-3-13-28-17/h2-8,13H,9-12H2,1H3,(H,22,23,24). The summed E-state index contributed by atoms with van der Waals surface area (Å²) in [6, 6.07) is 11.0. The van der Waals surface area contributed by atoms with Crippen molar-refractivity contribution in [1.29, 1.82) is 0 Å². The van der Waals surface area contributed by atoms with Crippen molar-refractivity contribution in [3.63, 3.8) is 0 Å². The molecule has 3 aromatic rings. The molecule has 7 nitrogen and oxygen atoms in total. The minimum atomic E-state index is -0.0777. The van der Waals surface area contributed by atoms with Crippen LogP contribution in [0.4, 0.5) is 17.5 Å². The average molecular weight is 398 g/mol. The molecule has 1 amide bonds. The van der Waals surface area contributed by atoms with Crippen molar-refractivity contribution in [2.45, 2.75) is 6.92 Å². The monoisotopic (exact) mass is 397 g/mol. The van der Waals surface area contributed by atoms with Crippen LogP contribution in [0.1, 0.15) is 16.1 Å². The Hall–Kier alpha value is -3.06. The number of hydrogen-bond donors (Lipinski definition) is 1. The first-order chi connectivity index (χ1) is 13.6. The molecule has 0 spiro atoms. The fourth-order valence-electron chi connectivity index (χ4n) is 3.14. The number of carbonyl (C=O) groups excluding carboxylic acids is 1. The molecule has 0 bridgehead atoms. The van der Waals surface area contributed by atoms with Gasteiger partial charge in [-0.3, -0.25) is 4.79 Å². The molecule has 1 aliphatic heterocycles. The van der Waals surface area contributed by atoms with E-state index in [-0.39, 0.29) is 5.91 Å². The minimum Gasteiger partial charge on any atom is -0.459 e. The van der Waals surface area contributed by atoms with E-state index in [0.29, 0.717) is 42.9 Å². The van der Waals surface area contributed by atoms with Gasteiger partial charge in [0.25, 0.3) is 5.91 Å². The van der Waals surface area contributed by atoms with Crippen LogP contribution in [-0.2, 0) is 0 Å². The normalized spacial score (nSPS) is 14.2. The summed E-state index contributed by atoms with van der Waals surface area (Å²) in [6.07, 6.45) is 3.24. The summed E-state index contributed by atoms with van der Waals surface area (Å²) in [7, 11) is 0. The molecule has 1 aliphatic rings. The highest BCUT2D eigenvalue weighted by molar-refractivity contribution is 6.31. The van der Waals surface area contributed by atoms with Gasteiger partial charge in [-0.1, -0.05) is 17.7 Å². The van der Waals surface area contributed by atoms with Crippen molar-refractivity contribution < 1.29 is 9.21 Å². The van der Waals surface area contributed by atoms with E-state index < -0.39 is 0 Å². The third kappa shape index (κ3) is 3.80. The average Bonchev–Trinajstić information content (AvgIpc) is 3.26. The molecule has 0 aliphatic carbocycles. The Morgan fingerprint density at radius 2 is 1.96 bits per heavy atom. The second-order valence-electron chi connectivity index (χ2n) is 6.53. The third-order valence-corrected chi connectivity index (χ3v) is 5.19. The lowest BCUT2D eigenvalue weighted by molar-refractivity contribution is 0.0714. The summed E-state index contributed by atoms with van der Waals surface area (Å²) in [5, 5.41) is 3.92. The van der Waals surface area contributed by atoms with E-state index in [1.54, 1.807) is 23.2 Å². The lowest BCUT2D eigenvalue weighted by atomic mass is 10.2. The number of benzene rings is 1. The molecule has 4 rings (SSSR count). The van der Waals surface area contributed by atoms with Gasteiger partial charge in [0.05, 0.1) is 6.26 Å². The van der Waals surface area contributed by atoms with Gasteiger partial charge in [0.1, 0.15) is 5.82 Å². The van der Waals surface area contributed by atoms with Gasteiger partial charge < -0.3 is 19.5 Å². The van der Waals surface area contributed by atoms with Crippen LogP contribution in [0.25, 0.3) is 0 Å². The minimum absolute atomic E-state index is 0.0777. The lowest BCUT2D eigenvalue weighted by Crippen LogP contribution is -2.49. The van der Waals surface area contributed by atoms with E-state index in [4.69, 9.17) is 16.0 Å². The fraction of sp³-hybridized carbons (Fsp3) is 0.250. The highest BCUT2D eigenvalue weighted by Crippen LogP contribution is 2.25. The lowest BCUT2D eigenvalue weighted by Gasteiger charge is -2.35. The Bertz CT molecular complexity index is 968. The van der Waals surface area contributed by atoms with E-state index in [1.807, 2.05) is 31.2 Å². The van der Waals surface area contributed by atoms with Gasteiger partial charge in [-0.25, -0.2) is 4.98 Å². The van der Waals surface area contributed by atoms with Crippen molar-refractivity contribution in [2.24, 2.45) is 0 Å². The Labute approximate surface area is 167 Å². The van der Waals surface area contributed by atoms with Gasteiger partial charge in [0.15, 0.2) is 5.76 Å². The van der Waals surface area contributed by atoms with Crippen molar-refractivity contribution in [3.8, 4) is 0 Å². The molecular formula is C20H20ClN5O2. The maximum Gasteiger partial charge on any atom is 0.289 e. The van der Waals surface area contributed by atoms with Crippen molar-refractivity contribution in [2.75, 3.05) is 36.4 Å². The molecule has 144 valence electrons.